The molecule has 1 atom stereocenters. The van der Waals surface area contributed by atoms with Crippen LogP contribution in [0.5, 0.6) is 0 Å². The molecular formula is C24H39N5O5SSi. The Hall–Kier alpha value is -2.44. The van der Waals surface area contributed by atoms with Crippen LogP contribution in [0.2, 0.25) is 25.7 Å². The molecule has 0 bridgehead atoms. The fourth-order valence-corrected chi connectivity index (χ4v) is 5.16. The Balaban J connectivity index is 1.85. The molecule has 1 fully saturated rings. The summed E-state index contributed by atoms with van der Waals surface area (Å²) in [5.41, 5.74) is 1.01. The lowest BCUT2D eigenvalue weighted by Gasteiger charge is -2.28. The van der Waals surface area contributed by atoms with E-state index in [0.717, 1.165) is 18.9 Å². The highest BCUT2D eigenvalue weighted by Gasteiger charge is 2.36. The molecule has 1 aliphatic rings. The minimum atomic E-state index is -1.23. The first kappa shape index (κ1) is 28.1. The second kappa shape index (κ2) is 11.7. The van der Waals surface area contributed by atoms with Gasteiger partial charge in [-0.15, -0.1) is 11.3 Å². The number of anilines is 2. The van der Waals surface area contributed by atoms with Crippen LogP contribution in [0.4, 0.5) is 16.4 Å². The van der Waals surface area contributed by atoms with Gasteiger partial charge in [0.2, 0.25) is 0 Å². The number of carbonyl (C=O) groups is 2. The molecule has 0 unspecified atom stereocenters. The summed E-state index contributed by atoms with van der Waals surface area (Å²) in [6.07, 6.45) is 3.12. The zero-order valence-electron chi connectivity index (χ0n) is 22.4. The second-order valence-corrected chi connectivity index (χ2v) is 17.5. The van der Waals surface area contributed by atoms with E-state index in [-0.39, 0.29) is 18.7 Å². The van der Waals surface area contributed by atoms with Crippen LogP contribution in [0.25, 0.3) is 0 Å². The molecule has 2 aromatic heterocycles. The van der Waals surface area contributed by atoms with Crippen LogP contribution in [0.3, 0.4) is 0 Å². The minimum absolute atomic E-state index is 0.240. The Morgan fingerprint density at radius 1 is 1.28 bits per heavy atom. The first-order chi connectivity index (χ1) is 16.9. The van der Waals surface area contributed by atoms with Crippen molar-refractivity contribution in [1.29, 1.82) is 0 Å². The molecule has 3 rings (SSSR count). The van der Waals surface area contributed by atoms with Crippen molar-refractivity contribution in [3.8, 4) is 0 Å². The van der Waals surface area contributed by atoms with Crippen LogP contribution < -0.4 is 5.32 Å². The van der Waals surface area contributed by atoms with Crippen LogP contribution in [-0.4, -0.2) is 64.9 Å². The lowest BCUT2D eigenvalue weighted by molar-refractivity contribution is 0.0203. The highest BCUT2D eigenvalue weighted by Crippen LogP contribution is 2.34. The summed E-state index contributed by atoms with van der Waals surface area (Å²) in [7, 11) is -1.23. The smallest absolute Gasteiger partial charge is 0.410 e. The Bertz CT molecular complexity index is 1040. The fourth-order valence-electron chi connectivity index (χ4n) is 3.77. The molecule has 2 aromatic rings. The van der Waals surface area contributed by atoms with Gasteiger partial charge in [0.15, 0.2) is 10.7 Å². The van der Waals surface area contributed by atoms with E-state index in [9.17, 15) is 9.59 Å². The molecule has 1 aliphatic heterocycles. The summed E-state index contributed by atoms with van der Waals surface area (Å²) in [5, 5.41) is 3.16. The van der Waals surface area contributed by atoms with Crippen molar-refractivity contribution >= 4 is 43.1 Å². The maximum absolute atomic E-state index is 12.9. The van der Waals surface area contributed by atoms with Gasteiger partial charge in [-0.1, -0.05) is 19.6 Å². The van der Waals surface area contributed by atoms with Gasteiger partial charge in [-0.25, -0.2) is 19.6 Å². The van der Waals surface area contributed by atoms with Crippen molar-refractivity contribution in [1.82, 2.24) is 19.4 Å². The van der Waals surface area contributed by atoms with E-state index in [0.29, 0.717) is 42.2 Å². The largest absolute Gasteiger partial charge is 0.462 e. The summed E-state index contributed by atoms with van der Waals surface area (Å²) in [6, 6.07) is 0.813. The van der Waals surface area contributed by atoms with Crippen molar-refractivity contribution in [2.75, 3.05) is 25.1 Å². The predicted molar refractivity (Wildman–Crippen MR) is 143 cm³/mol. The summed E-state index contributed by atoms with van der Waals surface area (Å²) in [4.78, 5) is 36.4. The van der Waals surface area contributed by atoms with E-state index in [1.807, 2.05) is 31.5 Å². The number of ether oxygens (including phenoxy) is 3. The molecule has 12 heteroatoms. The molecule has 1 saturated heterocycles. The molecule has 0 spiro atoms. The topological polar surface area (TPSA) is 108 Å². The Labute approximate surface area is 218 Å². The molecule has 0 saturated carbocycles. The number of imidazole rings is 1. The third-order valence-electron chi connectivity index (χ3n) is 5.49. The van der Waals surface area contributed by atoms with Gasteiger partial charge in [-0.3, -0.25) is 4.90 Å². The predicted octanol–water partition coefficient (Wildman–Crippen LogP) is 5.64. The van der Waals surface area contributed by atoms with Crippen molar-refractivity contribution < 1.29 is 23.8 Å². The summed E-state index contributed by atoms with van der Waals surface area (Å²) in [6.45, 7) is 16.1. The highest BCUT2D eigenvalue weighted by atomic mass is 32.1. The van der Waals surface area contributed by atoms with Gasteiger partial charge in [0, 0.05) is 21.2 Å². The first-order valence-electron chi connectivity index (χ1n) is 12.4. The van der Waals surface area contributed by atoms with Crippen LogP contribution >= 0.6 is 11.3 Å². The normalized spacial score (nSPS) is 16.3. The molecule has 0 aromatic carbocycles. The van der Waals surface area contributed by atoms with Crippen molar-refractivity contribution in [2.45, 2.75) is 84.6 Å². The van der Waals surface area contributed by atoms with E-state index in [2.05, 4.69) is 29.9 Å². The van der Waals surface area contributed by atoms with E-state index in [4.69, 9.17) is 19.2 Å². The van der Waals surface area contributed by atoms with Gasteiger partial charge in [0.05, 0.1) is 24.4 Å². The van der Waals surface area contributed by atoms with Crippen molar-refractivity contribution in [2.24, 2.45) is 0 Å². The van der Waals surface area contributed by atoms with E-state index < -0.39 is 19.6 Å². The molecule has 1 N–H and O–H groups in total. The number of esters is 1. The lowest BCUT2D eigenvalue weighted by Crippen LogP contribution is -2.37. The number of hydrogen-bond acceptors (Lipinski definition) is 9. The molecular weight excluding hydrogens is 498 g/mol. The van der Waals surface area contributed by atoms with Crippen LogP contribution in [0.1, 0.15) is 62.1 Å². The number of likely N-dealkylation sites (tertiary alicyclic amines) is 1. The van der Waals surface area contributed by atoms with Gasteiger partial charge in [-0.2, -0.15) is 0 Å². The number of aromatic nitrogens is 3. The minimum Gasteiger partial charge on any atom is -0.462 e. The molecule has 0 radical (unpaired) electrons. The van der Waals surface area contributed by atoms with Gasteiger partial charge in [0.1, 0.15) is 24.0 Å². The Morgan fingerprint density at radius 2 is 2.03 bits per heavy atom. The number of nitrogens with zero attached hydrogens (tertiary/aromatic N) is 4. The quantitative estimate of drug-likeness (QED) is 0.236. The molecule has 1 amide bonds. The third kappa shape index (κ3) is 7.78. The Morgan fingerprint density at radius 3 is 2.69 bits per heavy atom. The number of nitrogens with one attached hydrogen (secondary N) is 1. The molecule has 0 aliphatic carbocycles. The van der Waals surface area contributed by atoms with Crippen molar-refractivity contribution in [3.63, 3.8) is 0 Å². The summed E-state index contributed by atoms with van der Waals surface area (Å²) in [5.74, 6) is 1.20. The van der Waals surface area contributed by atoms with Crippen LogP contribution in [0.15, 0.2) is 11.7 Å². The van der Waals surface area contributed by atoms with E-state index >= 15 is 0 Å². The number of rotatable bonds is 10. The van der Waals surface area contributed by atoms with Crippen molar-refractivity contribution in [3.05, 3.63) is 22.4 Å². The maximum Gasteiger partial charge on any atom is 0.410 e. The fraction of sp³-hybridized carbons (Fsp3) is 0.667. The van der Waals surface area contributed by atoms with E-state index in [1.54, 1.807) is 17.3 Å². The molecule has 10 nitrogen and oxygen atoms in total. The maximum atomic E-state index is 12.9. The zero-order chi connectivity index (χ0) is 26.5. The van der Waals surface area contributed by atoms with E-state index in [1.165, 1.54) is 11.3 Å². The second-order valence-electron chi connectivity index (χ2n) is 11.0. The first-order valence-corrected chi connectivity index (χ1v) is 17.0. The average molecular weight is 538 g/mol. The number of amides is 1. The number of carbonyl (C=O) groups excluding carboxylic acids is 2. The number of thiazole rings is 1. The van der Waals surface area contributed by atoms with Gasteiger partial charge >= 0.3 is 12.1 Å². The zero-order valence-corrected chi connectivity index (χ0v) is 24.2. The Kier molecular flexibility index (Phi) is 9.17. The third-order valence-corrected chi connectivity index (χ3v) is 8.00. The van der Waals surface area contributed by atoms with Gasteiger partial charge in [0.25, 0.3) is 0 Å². The molecule has 3 heterocycles. The average Bonchev–Trinajstić information content (AvgIpc) is 3.49. The van der Waals surface area contributed by atoms with Crippen LogP contribution in [-0.2, 0) is 20.9 Å². The van der Waals surface area contributed by atoms with Gasteiger partial charge in [-0.05, 0) is 46.6 Å². The standard InChI is InChI=1S/C24H39N5O5SSi/c1-8-33-22(30)19-20(25-15-35-19)26-18-14-28(16-32-12-13-36(5,6)7)21(27-18)17-10-9-11-29(17)23(31)34-24(2,3)4/h14-15,17,26H,8-13,16H2,1-7H3/t17-/m0/s1. The molecule has 36 heavy (non-hydrogen) atoms. The monoisotopic (exact) mass is 537 g/mol. The van der Waals surface area contributed by atoms with Gasteiger partial charge < -0.3 is 24.1 Å². The highest BCUT2D eigenvalue weighted by molar-refractivity contribution is 7.12. The van der Waals surface area contributed by atoms with Crippen LogP contribution in [0, 0.1) is 0 Å². The SMILES string of the molecule is CCOC(=O)c1scnc1Nc1cn(COCC[Si](C)(C)C)c([C@@H]2CCCN2C(=O)OC(C)(C)C)n1. The summed E-state index contributed by atoms with van der Waals surface area (Å²) >= 11 is 1.21. The molecule has 200 valence electrons. The summed E-state index contributed by atoms with van der Waals surface area (Å²) < 4.78 is 18.7. The number of hydrogen-bond donors (Lipinski definition) is 1. The lowest BCUT2D eigenvalue weighted by atomic mass is 10.2.